The zero-order valence-corrected chi connectivity index (χ0v) is 11.1. The van der Waals surface area contributed by atoms with Gasteiger partial charge in [0.2, 0.25) is 0 Å². The summed E-state index contributed by atoms with van der Waals surface area (Å²) in [5.41, 5.74) is 1.37. The van der Waals surface area contributed by atoms with E-state index < -0.39 is 0 Å². The van der Waals surface area contributed by atoms with Crippen LogP contribution < -0.4 is 0 Å². The normalized spacial score (nSPS) is 17.8. The van der Waals surface area contributed by atoms with E-state index in [1.54, 1.807) is 11.8 Å². The molecule has 0 bridgehead atoms. The van der Waals surface area contributed by atoms with E-state index in [-0.39, 0.29) is 0 Å². The van der Waals surface area contributed by atoms with Gasteiger partial charge in [-0.2, -0.15) is 0 Å². The Hall–Kier alpha value is -0.580. The van der Waals surface area contributed by atoms with Gasteiger partial charge in [-0.05, 0) is 12.5 Å². The van der Waals surface area contributed by atoms with E-state index in [1.807, 2.05) is 0 Å². The number of nitrogens with zero attached hydrogens (tertiary/aromatic N) is 2. The van der Waals surface area contributed by atoms with Crippen molar-refractivity contribution in [1.29, 1.82) is 0 Å². The molecule has 4 heteroatoms. The first-order valence-electron chi connectivity index (χ1n) is 5.47. The molecule has 2 rings (SSSR count). The quantitative estimate of drug-likeness (QED) is 0.763. The topological polar surface area (TPSA) is 6.48 Å². The van der Waals surface area contributed by atoms with Gasteiger partial charge < -0.3 is 4.90 Å². The molecule has 0 radical (unpaired) electrons. The van der Waals surface area contributed by atoms with Crippen molar-refractivity contribution < 1.29 is 0 Å². The number of benzene rings is 1. The molecule has 0 spiro atoms. The predicted molar refractivity (Wildman–Crippen MR) is 74.3 cm³/mol. The van der Waals surface area contributed by atoms with E-state index in [1.165, 1.54) is 5.56 Å². The monoisotopic (exact) mass is 252 g/mol. The van der Waals surface area contributed by atoms with Crippen LogP contribution in [0.4, 0.5) is 0 Å². The second kappa shape index (κ2) is 5.66. The van der Waals surface area contributed by atoms with Crippen molar-refractivity contribution in [2.75, 3.05) is 19.1 Å². The average Bonchev–Trinajstić information content (AvgIpc) is 2.33. The first-order chi connectivity index (χ1) is 7.79. The molecule has 0 unspecified atom stereocenters. The second-order valence-corrected chi connectivity index (χ2v) is 5.43. The molecule has 16 heavy (non-hydrogen) atoms. The van der Waals surface area contributed by atoms with Crippen molar-refractivity contribution in [3.05, 3.63) is 35.9 Å². The fraction of sp³-hybridized carbons (Fsp3) is 0.417. The molecule has 1 aliphatic rings. The van der Waals surface area contributed by atoms with Gasteiger partial charge in [0.15, 0.2) is 0 Å². The number of hydrogen-bond donors (Lipinski definition) is 0. The lowest BCUT2D eigenvalue weighted by Gasteiger charge is -2.36. The maximum Gasteiger partial charge on any atom is 0.138 e. The zero-order valence-electron chi connectivity index (χ0n) is 9.43. The molecule has 1 aliphatic heterocycles. The summed E-state index contributed by atoms with van der Waals surface area (Å²) in [7, 11) is 0. The smallest absolute Gasteiger partial charge is 0.138 e. The minimum Gasteiger partial charge on any atom is -0.345 e. The Bertz CT molecular complexity index is 353. The van der Waals surface area contributed by atoms with Crippen LogP contribution in [0, 0.1) is 0 Å². The lowest BCUT2D eigenvalue weighted by atomic mass is 10.2. The van der Waals surface area contributed by atoms with Crippen LogP contribution in [0.3, 0.4) is 0 Å². The number of hydrogen-bond acceptors (Lipinski definition) is 3. The summed E-state index contributed by atoms with van der Waals surface area (Å²) in [5, 5.41) is 0. The van der Waals surface area contributed by atoms with Crippen molar-refractivity contribution in [1.82, 2.24) is 9.80 Å². The van der Waals surface area contributed by atoms with Gasteiger partial charge in [-0.25, -0.2) is 0 Å². The van der Waals surface area contributed by atoms with Crippen molar-refractivity contribution >= 4 is 28.3 Å². The molecule has 0 aliphatic carbocycles. The second-order valence-electron chi connectivity index (χ2n) is 3.85. The number of thioether (sulfide) groups is 1. The molecule has 1 aromatic carbocycles. The summed E-state index contributed by atoms with van der Waals surface area (Å²) in [5.74, 6) is 1.00. The lowest BCUT2D eigenvalue weighted by Crippen LogP contribution is -2.44. The molecule has 0 amide bonds. The SMILES string of the molecule is CCN1CN(Cc2ccccc2)CSC1=S. The highest BCUT2D eigenvalue weighted by Gasteiger charge is 2.19. The highest BCUT2D eigenvalue weighted by molar-refractivity contribution is 8.22. The van der Waals surface area contributed by atoms with E-state index in [0.717, 1.165) is 30.0 Å². The molecular formula is C12H16N2S2. The minimum atomic E-state index is 0.956. The highest BCUT2D eigenvalue weighted by Crippen LogP contribution is 2.19. The summed E-state index contributed by atoms with van der Waals surface area (Å²) < 4.78 is 1.03. The first kappa shape index (κ1) is 11.9. The summed E-state index contributed by atoms with van der Waals surface area (Å²) >= 11 is 7.07. The standard InChI is InChI=1S/C12H16N2S2/c1-2-14-9-13(10-16-12(14)15)8-11-6-4-3-5-7-11/h3-7H,2,8-10H2,1H3. The molecule has 1 saturated heterocycles. The van der Waals surface area contributed by atoms with Crippen molar-refractivity contribution in [2.45, 2.75) is 13.5 Å². The predicted octanol–water partition coefficient (Wildman–Crippen LogP) is 2.76. The molecule has 0 aromatic heterocycles. The van der Waals surface area contributed by atoms with Crippen molar-refractivity contribution in [2.24, 2.45) is 0 Å². The van der Waals surface area contributed by atoms with Crippen molar-refractivity contribution in [3.63, 3.8) is 0 Å². The van der Waals surface area contributed by atoms with Crippen LogP contribution >= 0.6 is 24.0 Å². The maximum atomic E-state index is 5.31. The first-order valence-corrected chi connectivity index (χ1v) is 6.87. The summed E-state index contributed by atoms with van der Waals surface area (Å²) in [4.78, 5) is 4.66. The van der Waals surface area contributed by atoms with Gasteiger partial charge >= 0.3 is 0 Å². The zero-order chi connectivity index (χ0) is 11.4. The van der Waals surface area contributed by atoms with Gasteiger partial charge in [0.05, 0.1) is 12.5 Å². The third kappa shape index (κ3) is 2.97. The molecule has 0 saturated carbocycles. The van der Waals surface area contributed by atoms with Crippen LogP contribution in [0.25, 0.3) is 0 Å². The van der Waals surface area contributed by atoms with Gasteiger partial charge in [0, 0.05) is 13.1 Å². The average molecular weight is 252 g/mol. The van der Waals surface area contributed by atoms with Crippen LogP contribution in [0.2, 0.25) is 0 Å². The molecule has 1 heterocycles. The van der Waals surface area contributed by atoms with E-state index in [2.05, 4.69) is 47.1 Å². The van der Waals surface area contributed by atoms with Gasteiger partial charge in [0.1, 0.15) is 4.32 Å². The molecule has 86 valence electrons. The van der Waals surface area contributed by atoms with Gasteiger partial charge in [-0.1, -0.05) is 54.3 Å². The molecule has 0 atom stereocenters. The van der Waals surface area contributed by atoms with Crippen LogP contribution in [-0.4, -0.2) is 33.2 Å². The molecule has 1 fully saturated rings. The Morgan fingerprint density at radius 2 is 2.06 bits per heavy atom. The Labute approximate surface area is 107 Å². The van der Waals surface area contributed by atoms with Crippen LogP contribution in [0.1, 0.15) is 12.5 Å². The number of thiocarbonyl (C=S) groups is 1. The Morgan fingerprint density at radius 3 is 2.75 bits per heavy atom. The van der Waals surface area contributed by atoms with Gasteiger partial charge in [0.25, 0.3) is 0 Å². The summed E-state index contributed by atoms with van der Waals surface area (Å²) in [6.07, 6.45) is 0. The third-order valence-electron chi connectivity index (χ3n) is 2.63. The number of rotatable bonds is 3. The maximum absolute atomic E-state index is 5.31. The minimum absolute atomic E-state index is 0.956. The van der Waals surface area contributed by atoms with Gasteiger partial charge in [-0.3, -0.25) is 4.90 Å². The summed E-state index contributed by atoms with van der Waals surface area (Å²) in [6, 6.07) is 10.6. The van der Waals surface area contributed by atoms with Gasteiger partial charge in [-0.15, -0.1) is 0 Å². The molecule has 2 nitrogen and oxygen atoms in total. The third-order valence-corrected chi connectivity index (χ3v) is 4.24. The fourth-order valence-electron chi connectivity index (χ4n) is 1.74. The molecular weight excluding hydrogens is 236 g/mol. The van der Waals surface area contributed by atoms with E-state index in [0.29, 0.717) is 0 Å². The fourth-order valence-corrected chi connectivity index (χ4v) is 2.92. The largest absolute Gasteiger partial charge is 0.345 e. The van der Waals surface area contributed by atoms with Crippen LogP contribution in [-0.2, 0) is 6.54 Å². The van der Waals surface area contributed by atoms with Crippen LogP contribution in [0.15, 0.2) is 30.3 Å². The Morgan fingerprint density at radius 1 is 1.31 bits per heavy atom. The van der Waals surface area contributed by atoms with E-state index in [9.17, 15) is 0 Å². The van der Waals surface area contributed by atoms with E-state index in [4.69, 9.17) is 12.2 Å². The highest BCUT2D eigenvalue weighted by atomic mass is 32.2. The molecule has 0 N–H and O–H groups in total. The Kier molecular flexibility index (Phi) is 4.21. The Balaban J connectivity index is 1.94. The van der Waals surface area contributed by atoms with E-state index >= 15 is 0 Å². The molecule has 1 aromatic rings. The summed E-state index contributed by atoms with van der Waals surface area (Å²) in [6.45, 7) is 5.11. The van der Waals surface area contributed by atoms with Crippen LogP contribution in [0.5, 0.6) is 0 Å². The lowest BCUT2D eigenvalue weighted by molar-refractivity contribution is 0.210. The van der Waals surface area contributed by atoms with Crippen molar-refractivity contribution in [3.8, 4) is 0 Å².